The second-order valence-electron chi connectivity index (χ2n) is 3.72. The molecule has 0 aliphatic rings. The van der Waals surface area contributed by atoms with Crippen LogP contribution in [0.1, 0.15) is 30.6 Å². The molecule has 0 aromatic heterocycles. The zero-order valence-electron chi connectivity index (χ0n) is 10.2. The van der Waals surface area contributed by atoms with E-state index in [1.54, 1.807) is 19.1 Å². The number of hydrogen-bond acceptors (Lipinski definition) is 3. The van der Waals surface area contributed by atoms with Crippen LogP contribution in [0.25, 0.3) is 0 Å². The van der Waals surface area contributed by atoms with Crippen LogP contribution in [-0.4, -0.2) is 24.0 Å². The third-order valence-electron chi connectivity index (χ3n) is 2.20. The van der Waals surface area contributed by atoms with Crippen LogP contribution in [-0.2, 0) is 4.79 Å². The van der Waals surface area contributed by atoms with E-state index < -0.39 is 0 Å². The molecular formula is C13H17NO2S. The Balaban J connectivity index is 2.42. The first-order valence-corrected chi connectivity index (χ1v) is 6.62. The molecule has 0 radical (unpaired) electrons. The second-order valence-corrected chi connectivity index (χ2v) is 4.77. The predicted octanol–water partition coefficient (Wildman–Crippen LogP) is 2.51. The van der Waals surface area contributed by atoms with Gasteiger partial charge in [0, 0.05) is 17.0 Å². The quantitative estimate of drug-likeness (QED) is 0.624. The van der Waals surface area contributed by atoms with Gasteiger partial charge in [-0.25, -0.2) is 0 Å². The number of ketones is 1. The average molecular weight is 251 g/mol. The Morgan fingerprint density at radius 3 is 2.41 bits per heavy atom. The maximum Gasteiger partial charge on any atom is 0.230 e. The summed E-state index contributed by atoms with van der Waals surface area (Å²) in [6.07, 6.45) is 0.948. The van der Waals surface area contributed by atoms with Crippen LogP contribution in [0, 0.1) is 0 Å². The van der Waals surface area contributed by atoms with Crippen molar-refractivity contribution in [3.8, 4) is 0 Å². The predicted molar refractivity (Wildman–Crippen MR) is 70.5 cm³/mol. The molecule has 17 heavy (non-hydrogen) atoms. The minimum Gasteiger partial charge on any atom is -0.355 e. The van der Waals surface area contributed by atoms with Gasteiger partial charge < -0.3 is 5.32 Å². The van der Waals surface area contributed by atoms with E-state index >= 15 is 0 Å². The van der Waals surface area contributed by atoms with Crippen molar-refractivity contribution in [1.82, 2.24) is 5.32 Å². The Morgan fingerprint density at radius 1 is 1.24 bits per heavy atom. The maximum absolute atomic E-state index is 11.4. The van der Waals surface area contributed by atoms with Gasteiger partial charge in [0.15, 0.2) is 5.78 Å². The van der Waals surface area contributed by atoms with E-state index in [0.717, 1.165) is 17.9 Å². The molecule has 1 aromatic carbocycles. The summed E-state index contributed by atoms with van der Waals surface area (Å²) in [4.78, 5) is 23.4. The van der Waals surface area contributed by atoms with Gasteiger partial charge >= 0.3 is 0 Å². The van der Waals surface area contributed by atoms with E-state index in [4.69, 9.17) is 0 Å². The van der Waals surface area contributed by atoms with E-state index in [9.17, 15) is 9.59 Å². The van der Waals surface area contributed by atoms with Gasteiger partial charge in [0.05, 0.1) is 5.75 Å². The lowest BCUT2D eigenvalue weighted by atomic mass is 10.2. The molecule has 0 saturated carbocycles. The molecular weight excluding hydrogens is 234 g/mol. The molecule has 1 aromatic rings. The van der Waals surface area contributed by atoms with E-state index in [2.05, 4.69) is 5.32 Å². The van der Waals surface area contributed by atoms with Crippen molar-refractivity contribution in [2.75, 3.05) is 12.3 Å². The first-order valence-electron chi connectivity index (χ1n) is 5.64. The lowest BCUT2D eigenvalue weighted by molar-refractivity contribution is -0.118. The average Bonchev–Trinajstić information content (AvgIpc) is 2.34. The molecule has 0 atom stereocenters. The zero-order valence-corrected chi connectivity index (χ0v) is 11.0. The number of thioether (sulfide) groups is 1. The molecule has 0 fully saturated rings. The van der Waals surface area contributed by atoms with Crippen LogP contribution in [0.2, 0.25) is 0 Å². The van der Waals surface area contributed by atoms with Crippen LogP contribution in [0.3, 0.4) is 0 Å². The molecule has 1 amide bonds. The fraction of sp³-hybridized carbons (Fsp3) is 0.385. The maximum atomic E-state index is 11.4. The summed E-state index contributed by atoms with van der Waals surface area (Å²) in [7, 11) is 0. The van der Waals surface area contributed by atoms with Gasteiger partial charge in [0.2, 0.25) is 5.91 Å². The molecule has 3 nitrogen and oxygen atoms in total. The first-order chi connectivity index (χ1) is 8.13. The van der Waals surface area contributed by atoms with Crippen LogP contribution < -0.4 is 5.32 Å². The number of carbonyl (C=O) groups is 2. The Morgan fingerprint density at radius 2 is 1.88 bits per heavy atom. The Labute approximate surface area is 106 Å². The van der Waals surface area contributed by atoms with Gasteiger partial charge in [-0.15, -0.1) is 11.8 Å². The highest BCUT2D eigenvalue weighted by Gasteiger charge is 2.03. The monoisotopic (exact) mass is 251 g/mol. The summed E-state index contributed by atoms with van der Waals surface area (Å²) in [6, 6.07) is 7.31. The number of carbonyl (C=O) groups excluding carboxylic acids is 2. The molecule has 1 N–H and O–H groups in total. The number of benzene rings is 1. The van der Waals surface area contributed by atoms with Gasteiger partial charge in [-0.3, -0.25) is 9.59 Å². The molecule has 0 spiro atoms. The minimum atomic E-state index is 0.0486. The molecule has 4 heteroatoms. The summed E-state index contributed by atoms with van der Waals surface area (Å²) in [5, 5.41) is 2.82. The van der Waals surface area contributed by atoms with Crippen LogP contribution in [0.5, 0.6) is 0 Å². The highest BCUT2D eigenvalue weighted by Crippen LogP contribution is 2.18. The highest BCUT2D eigenvalue weighted by atomic mass is 32.2. The first kappa shape index (κ1) is 13.8. The largest absolute Gasteiger partial charge is 0.355 e. The molecule has 0 unspecified atom stereocenters. The van der Waals surface area contributed by atoms with Crippen LogP contribution in [0.4, 0.5) is 0 Å². The van der Waals surface area contributed by atoms with E-state index in [0.29, 0.717) is 11.3 Å². The second kappa shape index (κ2) is 7.12. The minimum absolute atomic E-state index is 0.0486. The number of hydrogen-bond donors (Lipinski definition) is 1. The standard InChI is InChI=1S/C13H17NO2S/c1-3-8-14-13(16)9-17-12-6-4-11(5-7-12)10(2)15/h4-7H,3,8-9H2,1-2H3,(H,14,16). The van der Waals surface area contributed by atoms with Crippen LogP contribution >= 0.6 is 11.8 Å². The number of Topliss-reactive ketones (excluding diaryl/α,β-unsaturated/α-hetero) is 1. The third kappa shape index (κ3) is 5.04. The lowest BCUT2D eigenvalue weighted by Crippen LogP contribution is -2.25. The fourth-order valence-corrected chi connectivity index (χ4v) is 1.98. The van der Waals surface area contributed by atoms with Crippen molar-refractivity contribution in [3.63, 3.8) is 0 Å². The van der Waals surface area contributed by atoms with Gasteiger partial charge in [0.25, 0.3) is 0 Å². The summed E-state index contributed by atoms with van der Waals surface area (Å²) in [5.74, 6) is 0.522. The topological polar surface area (TPSA) is 46.2 Å². The van der Waals surface area contributed by atoms with Gasteiger partial charge in [0.1, 0.15) is 0 Å². The van der Waals surface area contributed by atoms with E-state index in [1.165, 1.54) is 11.8 Å². The summed E-state index contributed by atoms with van der Waals surface area (Å²) >= 11 is 1.48. The van der Waals surface area contributed by atoms with Gasteiger partial charge in [-0.1, -0.05) is 19.1 Å². The molecule has 92 valence electrons. The molecule has 0 saturated heterocycles. The Kier molecular flexibility index (Phi) is 5.77. The normalized spacial score (nSPS) is 10.0. The van der Waals surface area contributed by atoms with Crippen molar-refractivity contribution in [2.45, 2.75) is 25.2 Å². The number of rotatable bonds is 6. The molecule has 1 rings (SSSR count). The Bertz CT molecular complexity index is 387. The number of nitrogens with one attached hydrogen (secondary N) is 1. The van der Waals surface area contributed by atoms with Gasteiger partial charge in [-0.05, 0) is 25.5 Å². The molecule has 0 heterocycles. The lowest BCUT2D eigenvalue weighted by Gasteiger charge is -2.04. The third-order valence-corrected chi connectivity index (χ3v) is 3.21. The Hall–Kier alpha value is -1.29. The summed E-state index contributed by atoms with van der Waals surface area (Å²) in [6.45, 7) is 4.29. The van der Waals surface area contributed by atoms with E-state index in [-0.39, 0.29) is 11.7 Å². The van der Waals surface area contributed by atoms with E-state index in [1.807, 2.05) is 19.1 Å². The summed E-state index contributed by atoms with van der Waals surface area (Å²) < 4.78 is 0. The zero-order chi connectivity index (χ0) is 12.7. The van der Waals surface area contributed by atoms with Crippen molar-refractivity contribution in [2.24, 2.45) is 0 Å². The van der Waals surface area contributed by atoms with Crippen molar-refractivity contribution in [3.05, 3.63) is 29.8 Å². The number of amides is 1. The van der Waals surface area contributed by atoms with Crippen molar-refractivity contribution < 1.29 is 9.59 Å². The van der Waals surface area contributed by atoms with Crippen molar-refractivity contribution in [1.29, 1.82) is 0 Å². The molecule has 0 bridgehead atoms. The fourth-order valence-electron chi connectivity index (χ4n) is 1.25. The smallest absolute Gasteiger partial charge is 0.230 e. The van der Waals surface area contributed by atoms with Gasteiger partial charge in [-0.2, -0.15) is 0 Å². The molecule has 0 aliphatic heterocycles. The molecule has 0 aliphatic carbocycles. The van der Waals surface area contributed by atoms with Crippen LogP contribution in [0.15, 0.2) is 29.2 Å². The highest BCUT2D eigenvalue weighted by molar-refractivity contribution is 8.00. The van der Waals surface area contributed by atoms with Crippen molar-refractivity contribution >= 4 is 23.5 Å². The summed E-state index contributed by atoms with van der Waals surface area (Å²) in [5.41, 5.74) is 0.699. The SMILES string of the molecule is CCCNC(=O)CSc1ccc(C(C)=O)cc1.